The number of nitrogens with zero attached hydrogens (tertiary/aromatic N) is 1. The SMILES string of the molecule is CCN(CCO)Cc1ccc2oc3cc(Cl)ccc3c(=O)c2c1. The molecule has 3 aromatic rings. The van der Waals surface area contributed by atoms with Crippen LogP contribution in [-0.4, -0.2) is 29.7 Å². The van der Waals surface area contributed by atoms with Gasteiger partial charge in [0, 0.05) is 24.2 Å². The molecule has 1 aromatic heterocycles. The van der Waals surface area contributed by atoms with Gasteiger partial charge in [-0.1, -0.05) is 24.6 Å². The number of aliphatic hydroxyl groups excluding tert-OH is 1. The van der Waals surface area contributed by atoms with Gasteiger partial charge in [0.15, 0.2) is 0 Å². The molecule has 4 nitrogen and oxygen atoms in total. The summed E-state index contributed by atoms with van der Waals surface area (Å²) in [5.74, 6) is 0. The monoisotopic (exact) mass is 331 g/mol. The molecule has 0 aliphatic rings. The van der Waals surface area contributed by atoms with Gasteiger partial charge in [-0.3, -0.25) is 9.69 Å². The van der Waals surface area contributed by atoms with Gasteiger partial charge in [-0.15, -0.1) is 0 Å². The van der Waals surface area contributed by atoms with Crippen molar-refractivity contribution in [3.63, 3.8) is 0 Å². The second-order valence-electron chi connectivity index (χ2n) is 5.49. The Kier molecular flexibility index (Phi) is 4.66. The van der Waals surface area contributed by atoms with Crippen molar-refractivity contribution in [3.8, 4) is 0 Å². The first-order valence-corrected chi connectivity index (χ1v) is 7.98. The van der Waals surface area contributed by atoms with Gasteiger partial charge in [0.1, 0.15) is 11.2 Å². The fourth-order valence-electron chi connectivity index (χ4n) is 2.72. The number of hydrogen-bond acceptors (Lipinski definition) is 4. The zero-order valence-corrected chi connectivity index (χ0v) is 13.6. The Morgan fingerprint density at radius 2 is 1.96 bits per heavy atom. The lowest BCUT2D eigenvalue weighted by molar-refractivity contribution is 0.197. The summed E-state index contributed by atoms with van der Waals surface area (Å²) in [6.45, 7) is 4.30. The lowest BCUT2D eigenvalue weighted by atomic mass is 10.1. The summed E-state index contributed by atoms with van der Waals surface area (Å²) in [5, 5.41) is 10.7. The third-order valence-electron chi connectivity index (χ3n) is 3.97. The molecule has 0 aliphatic carbocycles. The minimum Gasteiger partial charge on any atom is -0.456 e. The van der Waals surface area contributed by atoms with Gasteiger partial charge in [-0.25, -0.2) is 0 Å². The molecule has 0 saturated carbocycles. The molecule has 0 amide bonds. The van der Waals surface area contributed by atoms with Gasteiger partial charge in [0.25, 0.3) is 0 Å². The molecule has 120 valence electrons. The van der Waals surface area contributed by atoms with Crippen LogP contribution in [0.2, 0.25) is 5.02 Å². The lowest BCUT2D eigenvalue weighted by Crippen LogP contribution is -2.26. The summed E-state index contributed by atoms with van der Waals surface area (Å²) in [7, 11) is 0. The Hall–Kier alpha value is -1.88. The molecule has 0 radical (unpaired) electrons. The lowest BCUT2D eigenvalue weighted by Gasteiger charge is -2.19. The summed E-state index contributed by atoms with van der Waals surface area (Å²) in [4.78, 5) is 14.8. The van der Waals surface area contributed by atoms with E-state index in [0.29, 0.717) is 40.1 Å². The van der Waals surface area contributed by atoms with Crippen LogP contribution < -0.4 is 5.43 Å². The van der Waals surface area contributed by atoms with Crippen molar-refractivity contribution >= 4 is 33.5 Å². The summed E-state index contributed by atoms with van der Waals surface area (Å²) in [5.41, 5.74) is 2.02. The van der Waals surface area contributed by atoms with Crippen LogP contribution in [-0.2, 0) is 6.54 Å². The van der Waals surface area contributed by atoms with E-state index >= 15 is 0 Å². The standard InChI is InChI=1S/C18H18ClNO3/c1-2-20(7-8-21)11-12-3-6-16-15(9-12)18(22)14-5-4-13(19)10-17(14)23-16/h3-6,9-10,21H,2,7-8,11H2,1H3. The number of rotatable bonds is 5. The maximum atomic E-state index is 12.7. The molecular formula is C18H18ClNO3. The number of halogens is 1. The second kappa shape index (κ2) is 6.71. The van der Waals surface area contributed by atoms with Crippen molar-refractivity contribution in [2.45, 2.75) is 13.5 Å². The van der Waals surface area contributed by atoms with E-state index in [0.717, 1.165) is 12.1 Å². The number of hydrogen-bond donors (Lipinski definition) is 1. The van der Waals surface area contributed by atoms with E-state index in [2.05, 4.69) is 4.90 Å². The third kappa shape index (κ3) is 3.24. The molecule has 5 heteroatoms. The van der Waals surface area contributed by atoms with E-state index in [1.165, 1.54) is 0 Å². The molecule has 0 aliphatic heterocycles. The van der Waals surface area contributed by atoms with Crippen LogP contribution in [0.3, 0.4) is 0 Å². The average Bonchev–Trinajstić information content (AvgIpc) is 2.55. The molecule has 2 aromatic carbocycles. The summed E-state index contributed by atoms with van der Waals surface area (Å²) >= 11 is 5.96. The molecule has 0 spiro atoms. The highest BCUT2D eigenvalue weighted by atomic mass is 35.5. The topological polar surface area (TPSA) is 53.7 Å². The molecule has 1 heterocycles. The Labute approximate surface area is 138 Å². The maximum absolute atomic E-state index is 12.7. The largest absolute Gasteiger partial charge is 0.456 e. The smallest absolute Gasteiger partial charge is 0.200 e. The zero-order chi connectivity index (χ0) is 16.4. The summed E-state index contributed by atoms with van der Waals surface area (Å²) in [6, 6.07) is 10.7. The summed E-state index contributed by atoms with van der Waals surface area (Å²) in [6.07, 6.45) is 0. The minimum atomic E-state index is -0.0510. The van der Waals surface area contributed by atoms with Gasteiger partial charge in [0.2, 0.25) is 5.43 Å². The highest BCUT2D eigenvalue weighted by Crippen LogP contribution is 2.22. The van der Waals surface area contributed by atoms with Crippen LogP contribution in [0.15, 0.2) is 45.6 Å². The molecule has 0 unspecified atom stereocenters. The fourth-order valence-corrected chi connectivity index (χ4v) is 2.88. The first kappa shape index (κ1) is 16.0. The van der Waals surface area contributed by atoms with Crippen molar-refractivity contribution in [1.82, 2.24) is 4.90 Å². The molecule has 0 bridgehead atoms. The maximum Gasteiger partial charge on any atom is 0.200 e. The highest BCUT2D eigenvalue weighted by molar-refractivity contribution is 6.31. The van der Waals surface area contributed by atoms with E-state index in [9.17, 15) is 4.79 Å². The van der Waals surface area contributed by atoms with Crippen LogP contribution in [0.25, 0.3) is 21.9 Å². The molecule has 23 heavy (non-hydrogen) atoms. The van der Waals surface area contributed by atoms with Crippen molar-refractivity contribution < 1.29 is 9.52 Å². The van der Waals surface area contributed by atoms with Gasteiger partial charge in [0.05, 0.1) is 17.4 Å². The average molecular weight is 332 g/mol. The van der Waals surface area contributed by atoms with Crippen molar-refractivity contribution in [2.24, 2.45) is 0 Å². The highest BCUT2D eigenvalue weighted by Gasteiger charge is 2.10. The fraction of sp³-hybridized carbons (Fsp3) is 0.278. The van der Waals surface area contributed by atoms with Gasteiger partial charge in [-0.2, -0.15) is 0 Å². The molecule has 0 atom stereocenters. The second-order valence-corrected chi connectivity index (χ2v) is 5.93. The molecule has 0 fully saturated rings. The predicted octanol–water partition coefficient (Wildman–Crippen LogP) is 3.41. The van der Waals surface area contributed by atoms with E-state index in [-0.39, 0.29) is 12.0 Å². The third-order valence-corrected chi connectivity index (χ3v) is 4.20. The zero-order valence-electron chi connectivity index (χ0n) is 12.9. The van der Waals surface area contributed by atoms with E-state index in [1.54, 1.807) is 18.2 Å². The minimum absolute atomic E-state index is 0.0510. The number of aliphatic hydroxyl groups is 1. The number of fused-ring (bicyclic) bond motifs is 2. The Morgan fingerprint density at radius 1 is 1.13 bits per heavy atom. The first-order chi connectivity index (χ1) is 11.1. The van der Waals surface area contributed by atoms with E-state index in [1.807, 2.05) is 25.1 Å². The van der Waals surface area contributed by atoms with Crippen molar-refractivity contribution in [2.75, 3.05) is 19.7 Å². The Balaban J connectivity index is 2.09. The normalized spacial score (nSPS) is 11.7. The first-order valence-electron chi connectivity index (χ1n) is 7.60. The van der Waals surface area contributed by atoms with Crippen molar-refractivity contribution in [3.05, 3.63) is 57.2 Å². The van der Waals surface area contributed by atoms with Crippen LogP contribution >= 0.6 is 11.6 Å². The van der Waals surface area contributed by atoms with Crippen LogP contribution in [0, 0.1) is 0 Å². The molecule has 0 saturated heterocycles. The molecule has 1 N–H and O–H groups in total. The Morgan fingerprint density at radius 3 is 2.70 bits per heavy atom. The number of benzene rings is 2. The van der Waals surface area contributed by atoms with Crippen LogP contribution in [0.5, 0.6) is 0 Å². The van der Waals surface area contributed by atoms with Crippen molar-refractivity contribution in [1.29, 1.82) is 0 Å². The molecule has 3 rings (SSSR count). The van der Waals surface area contributed by atoms with Gasteiger partial charge >= 0.3 is 0 Å². The number of likely N-dealkylation sites (N-methyl/N-ethyl adjacent to an activating group) is 1. The van der Waals surface area contributed by atoms with Crippen LogP contribution in [0.1, 0.15) is 12.5 Å². The molecular weight excluding hydrogens is 314 g/mol. The van der Waals surface area contributed by atoms with Gasteiger partial charge in [-0.05, 0) is 36.4 Å². The van der Waals surface area contributed by atoms with E-state index in [4.69, 9.17) is 21.1 Å². The Bertz CT molecular complexity index is 904. The quantitative estimate of drug-likeness (QED) is 0.728. The van der Waals surface area contributed by atoms with E-state index < -0.39 is 0 Å². The van der Waals surface area contributed by atoms with Crippen LogP contribution in [0.4, 0.5) is 0 Å². The summed E-state index contributed by atoms with van der Waals surface area (Å²) < 4.78 is 5.80. The predicted molar refractivity (Wildman–Crippen MR) is 93.0 cm³/mol. The van der Waals surface area contributed by atoms with Gasteiger partial charge < -0.3 is 9.52 Å².